The molecule has 0 aromatic carbocycles. The van der Waals surface area contributed by atoms with E-state index in [2.05, 4.69) is 20.9 Å². The van der Waals surface area contributed by atoms with Gasteiger partial charge in [-0.15, -0.1) is 0 Å². The Hall–Kier alpha value is -0.920. The minimum atomic E-state index is -0.523. The van der Waals surface area contributed by atoms with Gasteiger partial charge in [-0.3, -0.25) is 14.3 Å². The molecule has 4 atom stereocenters. The summed E-state index contributed by atoms with van der Waals surface area (Å²) in [5, 5.41) is 0. The lowest BCUT2D eigenvalue weighted by atomic mass is 9.98. The van der Waals surface area contributed by atoms with Crippen LogP contribution in [-0.4, -0.2) is 28.9 Å². The number of aromatic amines is 1. The van der Waals surface area contributed by atoms with E-state index in [1.807, 2.05) is 13.8 Å². The first-order chi connectivity index (χ1) is 8.99. The van der Waals surface area contributed by atoms with Gasteiger partial charge in [-0.05, 0) is 22.4 Å². The molecule has 7 heteroatoms. The number of nitrogens with one attached hydrogen (secondary N) is 1. The highest BCUT2D eigenvalue weighted by atomic mass is 79.9. The Kier molecular flexibility index (Phi) is 4.27. The number of ether oxygens (including phenoxy) is 2. The standard InChI is InChI=1S/C12H17BrN2O4/c1-4-8-6(2)9(18-3)11(19-8)15-5-7(13)10(16)14-12(15)17/h5-6,8-9,11H,4H2,1-3H3,(H,14,16,17)/t6?,8-,9+,11-/m1/s1. The summed E-state index contributed by atoms with van der Waals surface area (Å²) < 4.78 is 13.0. The molecule has 1 N–H and O–H groups in total. The van der Waals surface area contributed by atoms with E-state index >= 15 is 0 Å². The molecule has 1 fully saturated rings. The highest BCUT2D eigenvalue weighted by Gasteiger charge is 2.42. The lowest BCUT2D eigenvalue weighted by Crippen LogP contribution is -2.37. The molecule has 106 valence electrons. The topological polar surface area (TPSA) is 73.3 Å². The van der Waals surface area contributed by atoms with E-state index in [9.17, 15) is 9.59 Å². The van der Waals surface area contributed by atoms with Crippen LogP contribution in [0.25, 0.3) is 0 Å². The van der Waals surface area contributed by atoms with E-state index < -0.39 is 17.5 Å². The third-order valence-electron chi connectivity index (χ3n) is 3.57. The van der Waals surface area contributed by atoms with E-state index in [4.69, 9.17) is 9.47 Å². The van der Waals surface area contributed by atoms with Crippen molar-refractivity contribution < 1.29 is 9.47 Å². The molecule has 6 nitrogen and oxygen atoms in total. The predicted octanol–water partition coefficient (Wildman–Crippen LogP) is 1.26. The summed E-state index contributed by atoms with van der Waals surface area (Å²) in [6.07, 6.45) is 1.58. The van der Waals surface area contributed by atoms with Crippen molar-refractivity contribution in [1.82, 2.24) is 9.55 Å². The van der Waals surface area contributed by atoms with Gasteiger partial charge in [0, 0.05) is 19.2 Å². The molecule has 1 saturated heterocycles. The third kappa shape index (κ3) is 2.54. The summed E-state index contributed by atoms with van der Waals surface area (Å²) in [6.45, 7) is 4.07. The summed E-state index contributed by atoms with van der Waals surface area (Å²) in [6, 6.07) is 0. The average Bonchev–Trinajstić information content (AvgIpc) is 2.70. The van der Waals surface area contributed by atoms with Crippen molar-refractivity contribution in [3.63, 3.8) is 0 Å². The summed E-state index contributed by atoms with van der Waals surface area (Å²) >= 11 is 3.12. The van der Waals surface area contributed by atoms with Crippen LogP contribution in [0.5, 0.6) is 0 Å². The maximum atomic E-state index is 11.9. The van der Waals surface area contributed by atoms with E-state index in [1.165, 1.54) is 10.8 Å². The molecule has 2 rings (SSSR count). The summed E-state index contributed by atoms with van der Waals surface area (Å²) in [5.41, 5.74) is -0.947. The van der Waals surface area contributed by atoms with Crippen LogP contribution in [0.2, 0.25) is 0 Å². The van der Waals surface area contributed by atoms with Crippen molar-refractivity contribution in [1.29, 1.82) is 0 Å². The van der Waals surface area contributed by atoms with Gasteiger partial charge in [-0.1, -0.05) is 13.8 Å². The maximum Gasteiger partial charge on any atom is 0.330 e. The number of nitrogens with zero attached hydrogens (tertiary/aromatic N) is 1. The molecule has 19 heavy (non-hydrogen) atoms. The van der Waals surface area contributed by atoms with Gasteiger partial charge in [0.15, 0.2) is 6.23 Å². The average molecular weight is 333 g/mol. The number of aromatic nitrogens is 2. The Labute approximate surface area is 118 Å². The first-order valence-electron chi connectivity index (χ1n) is 6.18. The first-order valence-corrected chi connectivity index (χ1v) is 6.98. The number of methoxy groups -OCH3 is 1. The third-order valence-corrected chi connectivity index (χ3v) is 4.14. The van der Waals surface area contributed by atoms with Crippen LogP contribution in [-0.2, 0) is 9.47 Å². The fourth-order valence-corrected chi connectivity index (χ4v) is 2.84. The highest BCUT2D eigenvalue weighted by molar-refractivity contribution is 9.10. The second-order valence-electron chi connectivity index (χ2n) is 4.68. The maximum absolute atomic E-state index is 11.9. The van der Waals surface area contributed by atoms with Gasteiger partial charge in [0.1, 0.15) is 6.10 Å². The Morgan fingerprint density at radius 1 is 1.53 bits per heavy atom. The lowest BCUT2D eigenvalue weighted by Gasteiger charge is -2.21. The summed E-state index contributed by atoms with van der Waals surface area (Å²) in [4.78, 5) is 25.5. The van der Waals surface area contributed by atoms with Gasteiger partial charge in [0.25, 0.3) is 5.56 Å². The van der Waals surface area contributed by atoms with Gasteiger partial charge >= 0.3 is 5.69 Å². The van der Waals surface area contributed by atoms with Crippen LogP contribution in [0, 0.1) is 5.92 Å². The molecule has 0 aliphatic carbocycles. The van der Waals surface area contributed by atoms with Gasteiger partial charge in [0.05, 0.1) is 10.6 Å². The second-order valence-corrected chi connectivity index (χ2v) is 5.53. The zero-order valence-corrected chi connectivity index (χ0v) is 12.6. The number of rotatable bonds is 3. The molecule has 0 radical (unpaired) electrons. The molecule has 0 saturated carbocycles. The Balaban J connectivity index is 2.44. The largest absolute Gasteiger partial charge is 0.376 e. The molecule has 0 spiro atoms. The number of hydrogen-bond donors (Lipinski definition) is 1. The highest BCUT2D eigenvalue weighted by Crippen LogP contribution is 2.36. The van der Waals surface area contributed by atoms with Crippen molar-refractivity contribution in [2.75, 3.05) is 7.11 Å². The summed E-state index contributed by atoms with van der Waals surface area (Å²) in [5.74, 6) is 0.178. The lowest BCUT2D eigenvalue weighted by molar-refractivity contribution is -0.0531. The van der Waals surface area contributed by atoms with E-state index in [0.29, 0.717) is 0 Å². The number of halogens is 1. The minimum absolute atomic E-state index is 0.0348. The first kappa shape index (κ1) is 14.5. The van der Waals surface area contributed by atoms with Crippen molar-refractivity contribution in [3.8, 4) is 0 Å². The van der Waals surface area contributed by atoms with Crippen LogP contribution in [0.15, 0.2) is 20.3 Å². The predicted molar refractivity (Wildman–Crippen MR) is 73.2 cm³/mol. The van der Waals surface area contributed by atoms with Crippen LogP contribution < -0.4 is 11.2 Å². The Morgan fingerprint density at radius 2 is 2.21 bits per heavy atom. The van der Waals surface area contributed by atoms with Crippen molar-refractivity contribution in [2.45, 2.75) is 38.7 Å². The molecule has 0 amide bonds. The minimum Gasteiger partial charge on any atom is -0.376 e. The van der Waals surface area contributed by atoms with E-state index in [1.54, 1.807) is 7.11 Å². The van der Waals surface area contributed by atoms with Crippen LogP contribution in [0.3, 0.4) is 0 Å². The molecule has 1 unspecified atom stereocenters. The van der Waals surface area contributed by atoms with Crippen LogP contribution in [0.4, 0.5) is 0 Å². The van der Waals surface area contributed by atoms with E-state index in [0.717, 1.165) is 6.42 Å². The smallest absolute Gasteiger partial charge is 0.330 e. The second kappa shape index (κ2) is 5.60. The van der Waals surface area contributed by atoms with Crippen molar-refractivity contribution in [2.24, 2.45) is 5.92 Å². The van der Waals surface area contributed by atoms with Crippen molar-refractivity contribution >= 4 is 15.9 Å². The fraction of sp³-hybridized carbons (Fsp3) is 0.667. The Morgan fingerprint density at radius 3 is 2.79 bits per heavy atom. The SMILES string of the molecule is CC[C@H]1O[C@@H](n2cc(Br)c(=O)[nH]c2=O)[C@@H](OC)C1C. The van der Waals surface area contributed by atoms with Crippen molar-refractivity contribution in [3.05, 3.63) is 31.5 Å². The molecule has 1 aliphatic heterocycles. The van der Waals surface area contributed by atoms with Gasteiger partial charge in [-0.25, -0.2) is 4.79 Å². The molecule has 2 heterocycles. The number of H-pyrrole nitrogens is 1. The molecule has 1 aliphatic rings. The summed E-state index contributed by atoms with van der Waals surface area (Å²) in [7, 11) is 1.60. The quantitative estimate of drug-likeness (QED) is 0.904. The molecular weight excluding hydrogens is 316 g/mol. The van der Waals surface area contributed by atoms with E-state index in [-0.39, 0.29) is 22.6 Å². The zero-order chi connectivity index (χ0) is 14.2. The molecular formula is C12H17BrN2O4. The van der Waals surface area contributed by atoms with Gasteiger partial charge in [0.2, 0.25) is 0 Å². The van der Waals surface area contributed by atoms with Crippen LogP contribution in [0.1, 0.15) is 26.5 Å². The zero-order valence-electron chi connectivity index (χ0n) is 11.1. The number of hydrogen-bond acceptors (Lipinski definition) is 4. The fourth-order valence-electron chi connectivity index (χ4n) is 2.52. The van der Waals surface area contributed by atoms with Crippen LogP contribution >= 0.6 is 15.9 Å². The van der Waals surface area contributed by atoms with Gasteiger partial charge < -0.3 is 9.47 Å². The monoisotopic (exact) mass is 332 g/mol. The normalized spacial score (nSPS) is 30.7. The molecule has 1 aromatic rings. The van der Waals surface area contributed by atoms with Gasteiger partial charge in [-0.2, -0.15) is 0 Å². The molecule has 1 aromatic heterocycles. The molecule has 0 bridgehead atoms. The Bertz CT molecular complexity index is 568.